The first-order valence-electron chi connectivity index (χ1n) is 8.42. The Bertz CT molecular complexity index is 729. The molecule has 3 rings (SSSR count). The van der Waals surface area contributed by atoms with Gasteiger partial charge in [0.25, 0.3) is 5.91 Å². The number of carbonyl (C=O) groups excluding carboxylic acids is 1. The zero-order chi connectivity index (χ0) is 16.9. The Hall–Kier alpha value is -2.00. The molecule has 126 valence electrons. The van der Waals surface area contributed by atoms with E-state index < -0.39 is 0 Å². The summed E-state index contributed by atoms with van der Waals surface area (Å²) in [5, 5.41) is 3.49. The smallest absolute Gasteiger partial charge is 0.258 e. The predicted octanol–water partition coefficient (Wildman–Crippen LogP) is 4.48. The maximum absolute atomic E-state index is 12.1. The normalized spacial score (nSPS) is 14.6. The minimum absolute atomic E-state index is 0.0421. The Morgan fingerprint density at radius 2 is 1.92 bits per heavy atom. The second-order valence-electron chi connectivity index (χ2n) is 6.24. The van der Waals surface area contributed by atoms with Crippen molar-refractivity contribution in [2.75, 3.05) is 6.61 Å². The van der Waals surface area contributed by atoms with E-state index in [0.29, 0.717) is 10.8 Å². The molecule has 3 nitrogen and oxygen atoms in total. The third-order valence-electron chi connectivity index (χ3n) is 4.45. The van der Waals surface area contributed by atoms with Gasteiger partial charge >= 0.3 is 0 Å². The third kappa shape index (κ3) is 4.09. The Balaban J connectivity index is 1.57. The molecule has 2 aromatic rings. The molecule has 2 aromatic carbocycles. The van der Waals surface area contributed by atoms with Crippen molar-refractivity contribution in [3.63, 3.8) is 0 Å². The zero-order valence-electron chi connectivity index (χ0n) is 13.8. The highest BCUT2D eigenvalue weighted by atomic mass is 35.5. The average Bonchev–Trinajstić information content (AvgIpc) is 2.60. The van der Waals surface area contributed by atoms with E-state index in [9.17, 15) is 4.79 Å². The number of benzene rings is 2. The molecule has 0 heterocycles. The minimum atomic E-state index is -0.153. The molecule has 1 amide bonds. The fraction of sp³-hybridized carbons (Fsp3) is 0.350. The summed E-state index contributed by atoms with van der Waals surface area (Å²) in [6, 6.07) is 13.7. The number of amides is 1. The Morgan fingerprint density at radius 1 is 1.17 bits per heavy atom. The molecule has 0 fully saturated rings. The number of carbonyl (C=O) groups is 1. The van der Waals surface area contributed by atoms with Gasteiger partial charge in [0.1, 0.15) is 5.75 Å². The number of rotatable bonds is 5. The molecule has 0 saturated heterocycles. The number of fused-ring (bicyclic) bond motifs is 1. The molecule has 0 radical (unpaired) electrons. The second kappa shape index (κ2) is 7.71. The first-order valence-corrected chi connectivity index (χ1v) is 8.79. The standard InChI is InChI=1S/C20H22ClNO2/c1-14(16-11-10-15-6-2-3-7-17(15)12-16)22-20(23)13-24-19-9-5-4-8-18(19)21/h4-5,8-12,14H,2-3,6-7,13H2,1H3,(H,22,23). The van der Waals surface area contributed by atoms with Crippen LogP contribution in [0, 0.1) is 0 Å². The predicted molar refractivity (Wildman–Crippen MR) is 96.6 cm³/mol. The van der Waals surface area contributed by atoms with E-state index in [-0.39, 0.29) is 18.6 Å². The summed E-state index contributed by atoms with van der Waals surface area (Å²) in [4.78, 5) is 12.1. The molecule has 1 atom stereocenters. The van der Waals surface area contributed by atoms with Crippen LogP contribution in [-0.2, 0) is 17.6 Å². The van der Waals surface area contributed by atoms with Crippen molar-refractivity contribution < 1.29 is 9.53 Å². The largest absolute Gasteiger partial charge is 0.482 e. The van der Waals surface area contributed by atoms with Crippen LogP contribution in [-0.4, -0.2) is 12.5 Å². The van der Waals surface area contributed by atoms with Gasteiger partial charge in [-0.1, -0.05) is 41.9 Å². The number of hydrogen-bond acceptors (Lipinski definition) is 2. The molecule has 24 heavy (non-hydrogen) atoms. The first kappa shape index (κ1) is 16.8. The van der Waals surface area contributed by atoms with Crippen LogP contribution in [0.25, 0.3) is 0 Å². The highest BCUT2D eigenvalue weighted by Crippen LogP contribution is 2.25. The van der Waals surface area contributed by atoms with E-state index in [2.05, 4.69) is 23.5 Å². The fourth-order valence-electron chi connectivity index (χ4n) is 3.09. The van der Waals surface area contributed by atoms with Crippen molar-refractivity contribution >= 4 is 17.5 Å². The van der Waals surface area contributed by atoms with Crippen molar-refractivity contribution in [1.82, 2.24) is 5.32 Å². The Labute approximate surface area is 148 Å². The summed E-state index contributed by atoms with van der Waals surface area (Å²) in [6.45, 7) is 1.96. The third-order valence-corrected chi connectivity index (χ3v) is 4.76. The number of halogens is 1. The van der Waals surface area contributed by atoms with Gasteiger partial charge < -0.3 is 10.1 Å². The van der Waals surface area contributed by atoms with Crippen LogP contribution in [0.4, 0.5) is 0 Å². The van der Waals surface area contributed by atoms with Gasteiger partial charge in [0.15, 0.2) is 6.61 Å². The van der Waals surface area contributed by atoms with Crippen molar-refractivity contribution in [3.05, 3.63) is 64.2 Å². The molecular formula is C20H22ClNO2. The number of aryl methyl sites for hydroxylation is 2. The van der Waals surface area contributed by atoms with E-state index in [4.69, 9.17) is 16.3 Å². The van der Waals surface area contributed by atoms with Gasteiger partial charge in [-0.25, -0.2) is 0 Å². The monoisotopic (exact) mass is 343 g/mol. The molecule has 0 bridgehead atoms. The SMILES string of the molecule is CC(NC(=O)COc1ccccc1Cl)c1ccc2c(c1)CCCC2. The highest BCUT2D eigenvalue weighted by Gasteiger charge is 2.14. The van der Waals surface area contributed by atoms with E-state index in [1.54, 1.807) is 12.1 Å². The topological polar surface area (TPSA) is 38.3 Å². The lowest BCUT2D eigenvalue weighted by molar-refractivity contribution is -0.123. The molecule has 1 aliphatic rings. The van der Waals surface area contributed by atoms with Crippen LogP contribution in [0.5, 0.6) is 5.75 Å². The highest BCUT2D eigenvalue weighted by molar-refractivity contribution is 6.32. The minimum Gasteiger partial charge on any atom is -0.482 e. The van der Waals surface area contributed by atoms with Gasteiger partial charge in [0.2, 0.25) is 0 Å². The first-order chi connectivity index (χ1) is 11.6. The van der Waals surface area contributed by atoms with E-state index in [1.165, 1.54) is 30.4 Å². The van der Waals surface area contributed by atoms with Gasteiger partial charge in [-0.2, -0.15) is 0 Å². The summed E-state index contributed by atoms with van der Waals surface area (Å²) in [5.74, 6) is 0.371. The lowest BCUT2D eigenvalue weighted by atomic mass is 9.89. The Kier molecular flexibility index (Phi) is 5.41. The molecule has 1 aliphatic carbocycles. The molecule has 0 spiro atoms. The maximum atomic E-state index is 12.1. The number of nitrogens with one attached hydrogen (secondary N) is 1. The molecule has 4 heteroatoms. The van der Waals surface area contributed by atoms with Crippen LogP contribution < -0.4 is 10.1 Å². The summed E-state index contributed by atoms with van der Waals surface area (Å²) < 4.78 is 5.48. The quantitative estimate of drug-likeness (QED) is 0.869. The Morgan fingerprint density at radius 3 is 2.71 bits per heavy atom. The maximum Gasteiger partial charge on any atom is 0.258 e. The number of ether oxygens (including phenoxy) is 1. The van der Waals surface area contributed by atoms with Crippen LogP contribution in [0.1, 0.15) is 42.5 Å². The molecule has 0 aliphatic heterocycles. The van der Waals surface area contributed by atoms with E-state index >= 15 is 0 Å². The summed E-state index contributed by atoms with van der Waals surface area (Å²) in [7, 11) is 0. The zero-order valence-corrected chi connectivity index (χ0v) is 14.6. The van der Waals surface area contributed by atoms with Gasteiger partial charge in [0.05, 0.1) is 11.1 Å². The molecular weight excluding hydrogens is 322 g/mol. The molecule has 0 aromatic heterocycles. The lowest BCUT2D eigenvalue weighted by Gasteiger charge is -2.20. The van der Waals surface area contributed by atoms with Crippen molar-refractivity contribution in [3.8, 4) is 5.75 Å². The molecule has 1 unspecified atom stereocenters. The van der Waals surface area contributed by atoms with Crippen LogP contribution in [0.2, 0.25) is 5.02 Å². The lowest BCUT2D eigenvalue weighted by Crippen LogP contribution is -2.31. The molecule has 0 saturated carbocycles. The van der Waals surface area contributed by atoms with Crippen LogP contribution >= 0.6 is 11.6 Å². The van der Waals surface area contributed by atoms with E-state index in [0.717, 1.165) is 12.0 Å². The molecule has 1 N–H and O–H groups in total. The van der Waals surface area contributed by atoms with E-state index in [1.807, 2.05) is 19.1 Å². The number of hydrogen-bond donors (Lipinski definition) is 1. The second-order valence-corrected chi connectivity index (χ2v) is 6.65. The summed E-state index contributed by atoms with van der Waals surface area (Å²) in [6.07, 6.45) is 4.84. The van der Waals surface area contributed by atoms with Crippen LogP contribution in [0.3, 0.4) is 0 Å². The average molecular weight is 344 g/mol. The van der Waals surface area contributed by atoms with Crippen molar-refractivity contribution in [1.29, 1.82) is 0 Å². The fourth-order valence-corrected chi connectivity index (χ4v) is 3.28. The van der Waals surface area contributed by atoms with Gasteiger partial charge in [0, 0.05) is 0 Å². The summed E-state index contributed by atoms with van der Waals surface area (Å²) in [5.41, 5.74) is 4.01. The van der Waals surface area contributed by atoms with Crippen molar-refractivity contribution in [2.24, 2.45) is 0 Å². The summed E-state index contributed by atoms with van der Waals surface area (Å²) >= 11 is 6.02. The number of para-hydroxylation sites is 1. The van der Waals surface area contributed by atoms with Gasteiger partial charge in [-0.15, -0.1) is 0 Å². The van der Waals surface area contributed by atoms with Gasteiger partial charge in [-0.3, -0.25) is 4.79 Å². The van der Waals surface area contributed by atoms with Gasteiger partial charge in [-0.05, 0) is 61.4 Å². The van der Waals surface area contributed by atoms with Crippen LogP contribution in [0.15, 0.2) is 42.5 Å². The van der Waals surface area contributed by atoms with Crippen molar-refractivity contribution in [2.45, 2.75) is 38.6 Å².